The van der Waals surface area contributed by atoms with Crippen molar-refractivity contribution in [1.29, 1.82) is 0 Å². The van der Waals surface area contributed by atoms with E-state index in [4.69, 9.17) is 33.0 Å². The van der Waals surface area contributed by atoms with Gasteiger partial charge in [-0.3, -0.25) is 4.79 Å². The van der Waals surface area contributed by atoms with Crippen LogP contribution in [0.4, 0.5) is 0 Å². The first-order valence-electron chi connectivity index (χ1n) is 9.46. The maximum atomic E-state index is 12.7. The zero-order valence-electron chi connectivity index (χ0n) is 17.2. The standard InChI is InChI=1S/C20H19Cl2NO5.C2H6/c1-11(2)28-20(27)16(10-12-6-8-13(9-7-12)19(25)26)23-18(24)17-14(21)4-3-5-15(17)22;1-2/h3-9,11,16H,10H2,1-2H3,(H,23,24)(H,25,26);1-2H3. The van der Waals surface area contributed by atoms with Gasteiger partial charge in [-0.05, 0) is 43.7 Å². The van der Waals surface area contributed by atoms with Gasteiger partial charge < -0.3 is 15.2 Å². The van der Waals surface area contributed by atoms with Gasteiger partial charge in [0.15, 0.2) is 0 Å². The molecule has 162 valence electrons. The van der Waals surface area contributed by atoms with Gasteiger partial charge in [-0.1, -0.05) is 55.2 Å². The van der Waals surface area contributed by atoms with Crippen LogP contribution < -0.4 is 5.32 Å². The van der Waals surface area contributed by atoms with Crippen molar-refractivity contribution in [3.05, 3.63) is 69.2 Å². The van der Waals surface area contributed by atoms with E-state index in [1.807, 2.05) is 13.8 Å². The number of hydrogen-bond acceptors (Lipinski definition) is 4. The molecule has 30 heavy (non-hydrogen) atoms. The van der Waals surface area contributed by atoms with Crippen LogP contribution >= 0.6 is 23.2 Å². The SMILES string of the molecule is CC.CC(C)OC(=O)C(Cc1ccc(C(=O)O)cc1)NC(=O)c1c(Cl)cccc1Cl. The van der Waals surface area contributed by atoms with Gasteiger partial charge in [0.05, 0.1) is 27.3 Å². The number of carbonyl (C=O) groups excluding carboxylic acids is 2. The quantitative estimate of drug-likeness (QED) is 0.574. The van der Waals surface area contributed by atoms with E-state index in [0.717, 1.165) is 0 Å². The molecule has 2 N–H and O–H groups in total. The molecule has 0 fully saturated rings. The first-order valence-corrected chi connectivity index (χ1v) is 10.2. The average molecular weight is 454 g/mol. The molecule has 0 bridgehead atoms. The second kappa shape index (κ2) is 12.2. The van der Waals surface area contributed by atoms with Crippen LogP contribution in [0.15, 0.2) is 42.5 Å². The molecule has 0 aromatic heterocycles. The summed E-state index contributed by atoms with van der Waals surface area (Å²) in [5.74, 6) is -2.28. The zero-order valence-corrected chi connectivity index (χ0v) is 18.8. The summed E-state index contributed by atoms with van der Waals surface area (Å²) in [7, 11) is 0. The third kappa shape index (κ3) is 7.35. The van der Waals surface area contributed by atoms with Crippen LogP contribution in [0.3, 0.4) is 0 Å². The number of carboxylic acid groups (broad SMARTS) is 1. The summed E-state index contributed by atoms with van der Waals surface area (Å²) in [5.41, 5.74) is 0.840. The first kappa shape index (κ1) is 25.5. The van der Waals surface area contributed by atoms with Crippen LogP contribution in [-0.4, -0.2) is 35.1 Å². The molecule has 2 aromatic carbocycles. The van der Waals surface area contributed by atoms with Crippen LogP contribution in [0.5, 0.6) is 0 Å². The first-order chi connectivity index (χ1) is 14.2. The number of amides is 1. The van der Waals surface area contributed by atoms with Crippen LogP contribution in [0.1, 0.15) is 54.0 Å². The van der Waals surface area contributed by atoms with Gasteiger partial charge >= 0.3 is 11.9 Å². The lowest BCUT2D eigenvalue weighted by Crippen LogP contribution is -2.44. The highest BCUT2D eigenvalue weighted by molar-refractivity contribution is 6.39. The number of aromatic carboxylic acids is 1. The maximum Gasteiger partial charge on any atom is 0.335 e. The Balaban J connectivity index is 0.00000218. The number of hydrogen-bond donors (Lipinski definition) is 2. The average Bonchev–Trinajstić information content (AvgIpc) is 2.68. The molecular formula is C22H25Cl2NO5. The predicted octanol–water partition coefficient (Wildman–Crippen LogP) is 5.01. The number of carbonyl (C=O) groups is 3. The zero-order chi connectivity index (χ0) is 22.8. The molecule has 0 saturated carbocycles. The van der Waals surface area contributed by atoms with Crippen molar-refractivity contribution < 1.29 is 24.2 Å². The molecule has 0 aliphatic rings. The fourth-order valence-corrected chi connectivity index (χ4v) is 3.04. The van der Waals surface area contributed by atoms with Crippen molar-refractivity contribution in [2.45, 2.75) is 46.3 Å². The van der Waals surface area contributed by atoms with Crippen molar-refractivity contribution in [1.82, 2.24) is 5.32 Å². The third-order valence-corrected chi connectivity index (χ3v) is 4.40. The predicted molar refractivity (Wildman–Crippen MR) is 117 cm³/mol. The number of esters is 1. The van der Waals surface area contributed by atoms with Gasteiger partial charge in [-0.25, -0.2) is 9.59 Å². The second-order valence-electron chi connectivity index (χ2n) is 6.31. The molecule has 0 aliphatic heterocycles. The molecule has 0 radical (unpaired) electrons. The number of benzene rings is 2. The molecule has 1 atom stereocenters. The van der Waals surface area contributed by atoms with E-state index in [-0.39, 0.29) is 33.7 Å². The normalized spacial score (nSPS) is 11.2. The Bertz CT molecular complexity index is 861. The van der Waals surface area contributed by atoms with E-state index in [1.54, 1.807) is 32.0 Å². The molecule has 8 heteroatoms. The fourth-order valence-electron chi connectivity index (χ4n) is 2.47. The number of ether oxygens (including phenoxy) is 1. The lowest BCUT2D eigenvalue weighted by molar-refractivity contribution is -0.149. The van der Waals surface area contributed by atoms with Gasteiger partial charge in [0.2, 0.25) is 0 Å². The molecule has 0 aliphatic carbocycles. The van der Waals surface area contributed by atoms with Gasteiger partial charge in [0.1, 0.15) is 6.04 Å². The van der Waals surface area contributed by atoms with Gasteiger partial charge in [0, 0.05) is 6.42 Å². The molecule has 1 amide bonds. The topological polar surface area (TPSA) is 92.7 Å². The highest BCUT2D eigenvalue weighted by atomic mass is 35.5. The van der Waals surface area contributed by atoms with Crippen LogP contribution in [-0.2, 0) is 16.0 Å². The highest BCUT2D eigenvalue weighted by Gasteiger charge is 2.26. The molecule has 0 heterocycles. The van der Waals surface area contributed by atoms with Gasteiger partial charge in [0.25, 0.3) is 5.91 Å². The van der Waals surface area contributed by atoms with Crippen LogP contribution in [0.25, 0.3) is 0 Å². The Labute approximate surface area is 186 Å². The van der Waals surface area contributed by atoms with E-state index >= 15 is 0 Å². The lowest BCUT2D eigenvalue weighted by Gasteiger charge is -2.20. The van der Waals surface area contributed by atoms with E-state index in [9.17, 15) is 14.4 Å². The van der Waals surface area contributed by atoms with Crippen LogP contribution in [0.2, 0.25) is 10.0 Å². The molecular weight excluding hydrogens is 429 g/mol. The Morgan fingerprint density at radius 2 is 1.53 bits per heavy atom. The van der Waals surface area contributed by atoms with E-state index < -0.39 is 23.9 Å². The molecule has 0 spiro atoms. The van der Waals surface area contributed by atoms with Crippen molar-refractivity contribution >= 4 is 41.0 Å². The molecule has 1 unspecified atom stereocenters. The minimum Gasteiger partial charge on any atom is -0.478 e. The van der Waals surface area contributed by atoms with Crippen molar-refractivity contribution in [3.8, 4) is 0 Å². The molecule has 2 rings (SSSR count). The summed E-state index contributed by atoms with van der Waals surface area (Å²) in [6.07, 6.45) is -0.260. The summed E-state index contributed by atoms with van der Waals surface area (Å²) < 4.78 is 5.23. The molecule has 0 saturated heterocycles. The van der Waals surface area contributed by atoms with E-state index in [0.29, 0.717) is 5.56 Å². The van der Waals surface area contributed by atoms with Gasteiger partial charge in [-0.2, -0.15) is 0 Å². The number of rotatable bonds is 7. The fraction of sp³-hybridized carbons (Fsp3) is 0.318. The number of carboxylic acids is 1. The highest BCUT2D eigenvalue weighted by Crippen LogP contribution is 2.24. The van der Waals surface area contributed by atoms with Crippen molar-refractivity contribution in [2.75, 3.05) is 0 Å². The minimum absolute atomic E-state index is 0.0643. The summed E-state index contributed by atoms with van der Waals surface area (Å²) in [6, 6.07) is 9.66. The Kier molecular flexibility index (Phi) is 10.4. The molecule has 6 nitrogen and oxygen atoms in total. The Morgan fingerprint density at radius 3 is 2.00 bits per heavy atom. The largest absolute Gasteiger partial charge is 0.478 e. The van der Waals surface area contributed by atoms with Gasteiger partial charge in [-0.15, -0.1) is 0 Å². The summed E-state index contributed by atoms with van der Waals surface area (Å²) in [6.45, 7) is 7.40. The van der Waals surface area contributed by atoms with E-state index in [1.165, 1.54) is 24.3 Å². The minimum atomic E-state index is -1.05. The second-order valence-corrected chi connectivity index (χ2v) is 7.13. The third-order valence-electron chi connectivity index (χ3n) is 3.77. The summed E-state index contributed by atoms with van der Waals surface area (Å²) in [5, 5.41) is 11.9. The smallest absolute Gasteiger partial charge is 0.335 e. The summed E-state index contributed by atoms with van der Waals surface area (Å²) >= 11 is 12.1. The van der Waals surface area contributed by atoms with E-state index in [2.05, 4.69) is 5.32 Å². The summed E-state index contributed by atoms with van der Waals surface area (Å²) in [4.78, 5) is 36.1. The molecule has 2 aromatic rings. The Morgan fingerprint density at radius 1 is 1.00 bits per heavy atom. The lowest BCUT2D eigenvalue weighted by atomic mass is 10.0. The van der Waals surface area contributed by atoms with Crippen molar-refractivity contribution in [2.24, 2.45) is 0 Å². The maximum absolute atomic E-state index is 12.7. The Hall–Kier alpha value is -2.57. The number of halogens is 2. The van der Waals surface area contributed by atoms with Crippen LogP contribution in [0, 0.1) is 0 Å². The monoisotopic (exact) mass is 453 g/mol. The van der Waals surface area contributed by atoms with Crippen molar-refractivity contribution in [3.63, 3.8) is 0 Å². The number of nitrogens with one attached hydrogen (secondary N) is 1.